The Morgan fingerprint density at radius 2 is 1.62 bits per heavy atom. The Bertz CT molecular complexity index is 1360. The molecule has 1 unspecified atom stereocenters. The summed E-state index contributed by atoms with van der Waals surface area (Å²) in [6.45, 7) is 1.02. The SMILES string of the molecule is O=C1[C@@H]2[C@H]3C(=O)N(CCCCCO)C4C(=O)N(c5ccccc5Cl)CC=C[C@@]43O[C@@H]2C=CCN1c1ccccc1. The number of hydrogen-bond donors (Lipinski definition) is 1. The molecule has 8 nitrogen and oxygen atoms in total. The largest absolute Gasteiger partial charge is 0.396 e. The zero-order valence-electron chi connectivity index (χ0n) is 22.1. The van der Waals surface area contributed by atoms with Gasteiger partial charge >= 0.3 is 0 Å². The minimum absolute atomic E-state index is 0.0644. The van der Waals surface area contributed by atoms with Crippen molar-refractivity contribution in [3.8, 4) is 0 Å². The van der Waals surface area contributed by atoms with Crippen LogP contribution in [0.1, 0.15) is 19.3 Å². The average molecular weight is 562 g/mol. The fourth-order valence-corrected chi connectivity index (χ4v) is 6.91. The molecule has 0 bridgehead atoms. The molecular weight excluding hydrogens is 530 g/mol. The van der Waals surface area contributed by atoms with E-state index in [1.165, 1.54) is 0 Å². The molecule has 4 heterocycles. The Morgan fingerprint density at radius 1 is 0.875 bits per heavy atom. The highest BCUT2D eigenvalue weighted by atomic mass is 35.5. The van der Waals surface area contributed by atoms with Gasteiger partial charge in [-0.1, -0.05) is 66.2 Å². The minimum atomic E-state index is -1.30. The third-order valence-electron chi connectivity index (χ3n) is 8.43. The topological polar surface area (TPSA) is 90.4 Å². The van der Waals surface area contributed by atoms with E-state index in [-0.39, 0.29) is 30.9 Å². The Hall–Kier alpha value is -3.46. The number of rotatable bonds is 7. The van der Waals surface area contributed by atoms with Gasteiger partial charge in [0.2, 0.25) is 11.8 Å². The Morgan fingerprint density at radius 3 is 2.40 bits per heavy atom. The predicted octanol–water partition coefficient (Wildman–Crippen LogP) is 3.59. The lowest BCUT2D eigenvalue weighted by Crippen LogP contribution is -2.55. The van der Waals surface area contributed by atoms with E-state index in [1.54, 1.807) is 32.9 Å². The number of unbranched alkanes of at least 4 members (excludes halogenated alkanes) is 2. The van der Waals surface area contributed by atoms with Crippen molar-refractivity contribution in [3.05, 3.63) is 83.9 Å². The van der Waals surface area contributed by atoms with Crippen molar-refractivity contribution >= 4 is 40.7 Å². The molecule has 6 rings (SSSR count). The van der Waals surface area contributed by atoms with E-state index in [4.69, 9.17) is 16.3 Å². The number of carbonyl (C=O) groups excluding carboxylic acids is 3. The highest BCUT2D eigenvalue weighted by Gasteiger charge is 2.71. The van der Waals surface area contributed by atoms with E-state index in [0.29, 0.717) is 43.1 Å². The average Bonchev–Trinajstić information content (AvgIpc) is 3.27. The van der Waals surface area contributed by atoms with Gasteiger partial charge in [0.1, 0.15) is 11.6 Å². The van der Waals surface area contributed by atoms with E-state index in [0.717, 1.165) is 5.69 Å². The molecule has 2 aromatic carbocycles. The normalized spacial score (nSPS) is 29.4. The number of carbonyl (C=O) groups is 3. The molecule has 208 valence electrons. The number of para-hydroxylation sites is 2. The zero-order valence-corrected chi connectivity index (χ0v) is 22.8. The number of hydrogen-bond acceptors (Lipinski definition) is 5. The van der Waals surface area contributed by atoms with Crippen molar-refractivity contribution in [2.75, 3.05) is 36.0 Å². The first-order valence-electron chi connectivity index (χ1n) is 13.8. The van der Waals surface area contributed by atoms with Gasteiger partial charge in [0.15, 0.2) is 0 Å². The molecular formula is C31H32ClN3O5. The number of anilines is 2. The molecule has 0 aromatic heterocycles. The van der Waals surface area contributed by atoms with Gasteiger partial charge in [-0.15, -0.1) is 0 Å². The van der Waals surface area contributed by atoms with E-state index < -0.39 is 29.6 Å². The van der Waals surface area contributed by atoms with E-state index in [2.05, 4.69) is 0 Å². The van der Waals surface area contributed by atoms with Gasteiger partial charge in [0, 0.05) is 31.9 Å². The second-order valence-corrected chi connectivity index (χ2v) is 11.1. The van der Waals surface area contributed by atoms with Gasteiger partial charge in [-0.05, 0) is 43.5 Å². The Kier molecular flexibility index (Phi) is 7.25. The molecule has 3 amide bonds. The van der Waals surface area contributed by atoms with Gasteiger partial charge < -0.3 is 24.5 Å². The molecule has 2 aromatic rings. The number of amides is 3. The van der Waals surface area contributed by atoms with Gasteiger partial charge in [0.25, 0.3) is 5.91 Å². The van der Waals surface area contributed by atoms with Crippen molar-refractivity contribution in [1.82, 2.24) is 4.90 Å². The summed E-state index contributed by atoms with van der Waals surface area (Å²) in [5, 5.41) is 9.70. The molecule has 1 N–H and O–H groups in total. The zero-order chi connectivity index (χ0) is 27.9. The van der Waals surface area contributed by atoms with Crippen LogP contribution < -0.4 is 9.80 Å². The fourth-order valence-electron chi connectivity index (χ4n) is 6.67. The molecule has 2 saturated heterocycles. The van der Waals surface area contributed by atoms with Crippen LogP contribution in [-0.4, -0.2) is 71.7 Å². The van der Waals surface area contributed by atoms with Crippen LogP contribution >= 0.6 is 11.6 Å². The number of fused-ring (bicyclic) bond motifs is 2. The summed E-state index contributed by atoms with van der Waals surface area (Å²) >= 11 is 6.51. The highest BCUT2D eigenvalue weighted by Crippen LogP contribution is 2.54. The Labute approximate surface area is 238 Å². The molecule has 2 fully saturated rings. The van der Waals surface area contributed by atoms with Gasteiger partial charge in [-0.2, -0.15) is 0 Å². The standard InChI is InChI=1S/C31H32ClN3O5/c32-22-13-5-6-14-23(22)34-19-10-16-31-26(29(38)35(27(31)30(34)39)17-7-2-8-20-36)25-24(40-31)15-9-18-33(28(25)37)21-11-3-1-4-12-21/h1,3-6,9-16,24-27,36H,2,7-8,17-20H2/t24-,25+,26+,27?,31+/m1/s1. The van der Waals surface area contributed by atoms with Crippen LogP contribution in [0.4, 0.5) is 11.4 Å². The fraction of sp³-hybridized carbons (Fsp3) is 0.387. The maximum Gasteiger partial charge on any atom is 0.253 e. The third kappa shape index (κ3) is 4.26. The first-order valence-corrected chi connectivity index (χ1v) is 14.2. The molecule has 40 heavy (non-hydrogen) atoms. The van der Waals surface area contributed by atoms with Crippen molar-refractivity contribution in [3.63, 3.8) is 0 Å². The molecule has 1 spiro atoms. The number of aliphatic hydroxyl groups is 1. The smallest absolute Gasteiger partial charge is 0.253 e. The second kappa shape index (κ2) is 10.8. The summed E-state index contributed by atoms with van der Waals surface area (Å²) in [6, 6.07) is 15.6. The Balaban J connectivity index is 1.42. The summed E-state index contributed by atoms with van der Waals surface area (Å²) in [7, 11) is 0. The second-order valence-electron chi connectivity index (χ2n) is 10.7. The first-order chi connectivity index (χ1) is 19.5. The molecule has 4 aliphatic rings. The first kappa shape index (κ1) is 26.7. The van der Waals surface area contributed by atoms with Crippen molar-refractivity contribution in [2.24, 2.45) is 11.8 Å². The molecule has 5 atom stereocenters. The van der Waals surface area contributed by atoms with Crippen molar-refractivity contribution in [2.45, 2.75) is 37.0 Å². The molecule has 4 aliphatic heterocycles. The van der Waals surface area contributed by atoms with E-state index >= 15 is 0 Å². The van der Waals surface area contributed by atoms with E-state index in [9.17, 15) is 19.5 Å². The predicted molar refractivity (Wildman–Crippen MR) is 152 cm³/mol. The lowest BCUT2D eigenvalue weighted by molar-refractivity contribution is -0.140. The van der Waals surface area contributed by atoms with Crippen LogP contribution in [0.25, 0.3) is 0 Å². The van der Waals surface area contributed by atoms with Gasteiger partial charge in [0.05, 0.1) is 28.6 Å². The van der Waals surface area contributed by atoms with Crippen LogP contribution in [0, 0.1) is 11.8 Å². The number of nitrogens with zero attached hydrogens (tertiary/aromatic N) is 3. The molecule has 9 heteroatoms. The number of halogens is 1. The van der Waals surface area contributed by atoms with Crippen molar-refractivity contribution < 1.29 is 24.2 Å². The lowest BCUT2D eigenvalue weighted by atomic mass is 9.77. The van der Waals surface area contributed by atoms with Crippen LogP contribution in [0.5, 0.6) is 0 Å². The summed E-state index contributed by atoms with van der Waals surface area (Å²) in [4.78, 5) is 47.8. The molecule has 0 saturated carbocycles. The number of ether oxygens (including phenoxy) is 1. The third-order valence-corrected chi connectivity index (χ3v) is 8.75. The number of likely N-dealkylation sites (tertiary alicyclic amines) is 1. The number of benzene rings is 2. The minimum Gasteiger partial charge on any atom is -0.396 e. The monoisotopic (exact) mass is 561 g/mol. The quantitative estimate of drug-likeness (QED) is 0.412. The summed E-state index contributed by atoms with van der Waals surface area (Å²) in [6.07, 6.45) is 8.75. The van der Waals surface area contributed by atoms with Gasteiger partial charge in [-0.25, -0.2) is 0 Å². The molecule has 0 radical (unpaired) electrons. The summed E-state index contributed by atoms with van der Waals surface area (Å²) in [5.74, 6) is -2.36. The molecule has 0 aliphatic carbocycles. The van der Waals surface area contributed by atoms with E-state index in [1.807, 2.05) is 60.7 Å². The van der Waals surface area contributed by atoms with Crippen LogP contribution in [0.3, 0.4) is 0 Å². The van der Waals surface area contributed by atoms with Crippen LogP contribution in [0.2, 0.25) is 5.02 Å². The lowest BCUT2D eigenvalue weighted by Gasteiger charge is -2.35. The highest BCUT2D eigenvalue weighted by molar-refractivity contribution is 6.34. The summed E-state index contributed by atoms with van der Waals surface area (Å²) in [5.41, 5.74) is 0.0142. The maximum atomic E-state index is 14.4. The van der Waals surface area contributed by atoms with Crippen LogP contribution in [-0.2, 0) is 19.1 Å². The number of aliphatic hydroxyl groups excluding tert-OH is 1. The summed E-state index contributed by atoms with van der Waals surface area (Å²) < 4.78 is 6.70. The maximum absolute atomic E-state index is 14.4. The van der Waals surface area contributed by atoms with Gasteiger partial charge in [-0.3, -0.25) is 14.4 Å². The van der Waals surface area contributed by atoms with Crippen molar-refractivity contribution in [1.29, 1.82) is 0 Å². The van der Waals surface area contributed by atoms with Crippen LogP contribution in [0.15, 0.2) is 78.9 Å².